The van der Waals surface area contributed by atoms with E-state index in [1.54, 1.807) is 0 Å². The molecule has 3 heteroatoms. The molecule has 0 bridgehead atoms. The number of nitrogens with zero attached hydrogens (tertiary/aromatic N) is 2. The van der Waals surface area contributed by atoms with Crippen molar-refractivity contribution >= 4 is 64.7 Å². The summed E-state index contributed by atoms with van der Waals surface area (Å²) in [6.45, 7) is 0. The molecule has 2 aliphatic carbocycles. The van der Waals surface area contributed by atoms with Crippen LogP contribution in [0.2, 0.25) is 0 Å². The van der Waals surface area contributed by atoms with Crippen molar-refractivity contribution in [3.63, 3.8) is 0 Å². The fraction of sp³-hybridized carbons (Fsp3) is 0.125. The molecule has 0 amide bonds. The van der Waals surface area contributed by atoms with Crippen LogP contribution in [0.4, 0.5) is 11.4 Å². The van der Waals surface area contributed by atoms with Gasteiger partial charge < -0.3 is 9.47 Å². The number of aromatic nitrogens is 1. The van der Waals surface area contributed by atoms with Crippen molar-refractivity contribution in [2.75, 3.05) is 4.90 Å². The lowest BCUT2D eigenvalue weighted by atomic mass is 9.85. The Balaban J connectivity index is 1.15. The zero-order chi connectivity index (χ0) is 33.7. The second-order valence-corrected chi connectivity index (χ2v) is 14.9. The van der Waals surface area contributed by atoms with Crippen LogP contribution in [0.1, 0.15) is 25.7 Å². The van der Waals surface area contributed by atoms with E-state index >= 15 is 0 Å². The number of fused-ring (bicyclic) bond motifs is 7. The van der Waals surface area contributed by atoms with Crippen molar-refractivity contribution in [1.29, 1.82) is 0 Å². The number of rotatable bonds is 6. The molecule has 2 nitrogen and oxygen atoms in total. The molecule has 0 radical (unpaired) electrons. The molecule has 0 saturated heterocycles. The van der Waals surface area contributed by atoms with Gasteiger partial charge in [0.15, 0.2) is 0 Å². The van der Waals surface area contributed by atoms with Gasteiger partial charge in [0.2, 0.25) is 0 Å². The predicted octanol–water partition coefficient (Wildman–Crippen LogP) is 13.6. The van der Waals surface area contributed by atoms with E-state index in [0.29, 0.717) is 5.92 Å². The molecule has 51 heavy (non-hydrogen) atoms. The van der Waals surface area contributed by atoms with E-state index in [1.807, 2.05) is 11.3 Å². The quantitative estimate of drug-likeness (QED) is 0.159. The third kappa shape index (κ3) is 5.15. The highest BCUT2D eigenvalue weighted by atomic mass is 32.1. The standard InChI is InChI=1S/C48H38N2S/c1-4-13-33(14-5-1)35-23-27-38(28-24-35)49(39-29-25-36(26-30-39)34-15-6-2-7-16-34)45-22-12-20-40-41-31-32-44-46(48(41)51-47(40)45)42-19-10-11-21-43(42)50(44)37-17-8-3-9-18-37/h1,3-6,8-15,17-29,31-32,34,39H,2,7,16,30H2. The average molecular weight is 675 g/mol. The number of hydrogen-bond donors (Lipinski definition) is 0. The molecular formula is C48H38N2S. The molecular weight excluding hydrogens is 637 g/mol. The van der Waals surface area contributed by atoms with Gasteiger partial charge in [0.05, 0.1) is 27.5 Å². The molecule has 246 valence electrons. The summed E-state index contributed by atoms with van der Waals surface area (Å²) in [5, 5.41) is 5.28. The predicted molar refractivity (Wildman–Crippen MR) is 220 cm³/mol. The summed E-state index contributed by atoms with van der Waals surface area (Å²) in [6.07, 6.45) is 16.9. The summed E-state index contributed by atoms with van der Waals surface area (Å²) >= 11 is 1.95. The second kappa shape index (κ2) is 12.6. The number of hydrogen-bond acceptors (Lipinski definition) is 2. The first-order chi connectivity index (χ1) is 25.3. The maximum atomic E-state index is 2.59. The van der Waals surface area contributed by atoms with Crippen LogP contribution in [0.5, 0.6) is 0 Å². The number of allylic oxidation sites excluding steroid dienone is 4. The minimum Gasteiger partial charge on any atom is -0.333 e. The monoisotopic (exact) mass is 674 g/mol. The van der Waals surface area contributed by atoms with Crippen LogP contribution in [-0.4, -0.2) is 10.6 Å². The normalized spacial score (nSPS) is 17.5. The fourth-order valence-electron chi connectivity index (χ4n) is 8.47. The number of thiophene rings is 1. The first-order valence-corrected chi connectivity index (χ1v) is 19.1. The van der Waals surface area contributed by atoms with Crippen LogP contribution in [0.25, 0.3) is 58.8 Å². The van der Waals surface area contributed by atoms with Crippen LogP contribution < -0.4 is 4.90 Å². The van der Waals surface area contributed by atoms with Gasteiger partial charge in [0.1, 0.15) is 0 Å². The van der Waals surface area contributed by atoms with Gasteiger partial charge in [-0.1, -0.05) is 127 Å². The van der Waals surface area contributed by atoms with E-state index in [-0.39, 0.29) is 6.04 Å². The third-order valence-corrected chi connectivity index (χ3v) is 12.2. The molecule has 10 rings (SSSR count). The summed E-state index contributed by atoms with van der Waals surface area (Å²) in [7, 11) is 0. The van der Waals surface area contributed by atoms with E-state index in [2.05, 4.69) is 179 Å². The lowest BCUT2D eigenvalue weighted by Crippen LogP contribution is -2.30. The van der Waals surface area contributed by atoms with Crippen LogP contribution in [-0.2, 0) is 0 Å². The van der Waals surface area contributed by atoms with E-state index < -0.39 is 0 Å². The second-order valence-electron chi connectivity index (χ2n) is 13.9. The van der Waals surface area contributed by atoms with Crippen molar-refractivity contribution in [2.45, 2.75) is 31.7 Å². The Bertz CT molecular complexity index is 2640. The van der Waals surface area contributed by atoms with Crippen molar-refractivity contribution < 1.29 is 0 Å². The zero-order valence-corrected chi connectivity index (χ0v) is 29.3. The number of benzene rings is 6. The summed E-state index contributed by atoms with van der Waals surface area (Å²) in [4.78, 5) is 2.59. The molecule has 2 aliphatic rings. The highest BCUT2D eigenvalue weighted by Gasteiger charge is 2.26. The summed E-state index contributed by atoms with van der Waals surface area (Å²) < 4.78 is 5.11. The van der Waals surface area contributed by atoms with Crippen LogP contribution in [0, 0.1) is 5.92 Å². The molecule has 0 fully saturated rings. The average Bonchev–Trinajstić information content (AvgIpc) is 3.76. The van der Waals surface area contributed by atoms with Gasteiger partial charge in [-0.2, -0.15) is 0 Å². The maximum absolute atomic E-state index is 2.59. The zero-order valence-electron chi connectivity index (χ0n) is 28.5. The molecule has 0 saturated carbocycles. The van der Waals surface area contributed by atoms with Crippen LogP contribution >= 0.6 is 11.3 Å². The van der Waals surface area contributed by atoms with Gasteiger partial charge in [-0.3, -0.25) is 0 Å². The largest absolute Gasteiger partial charge is 0.333 e. The first kappa shape index (κ1) is 30.2. The van der Waals surface area contributed by atoms with Gasteiger partial charge in [0, 0.05) is 43.5 Å². The van der Waals surface area contributed by atoms with Crippen molar-refractivity contribution in [3.05, 3.63) is 175 Å². The van der Waals surface area contributed by atoms with E-state index in [4.69, 9.17) is 0 Å². The highest BCUT2D eigenvalue weighted by molar-refractivity contribution is 7.27. The van der Waals surface area contributed by atoms with Crippen molar-refractivity contribution in [2.24, 2.45) is 5.92 Å². The molecule has 0 N–H and O–H groups in total. The van der Waals surface area contributed by atoms with Crippen molar-refractivity contribution in [1.82, 2.24) is 4.57 Å². The molecule has 6 aromatic carbocycles. The minimum absolute atomic E-state index is 0.208. The summed E-state index contributed by atoms with van der Waals surface area (Å²) in [5.41, 5.74) is 10.1. The fourth-order valence-corrected chi connectivity index (χ4v) is 9.84. The Morgan fingerprint density at radius 3 is 2.14 bits per heavy atom. The molecule has 0 spiro atoms. The Labute approximate surface area is 302 Å². The van der Waals surface area contributed by atoms with Crippen LogP contribution in [0.15, 0.2) is 175 Å². The van der Waals surface area contributed by atoms with Crippen LogP contribution in [0.3, 0.4) is 0 Å². The number of para-hydroxylation sites is 2. The maximum Gasteiger partial charge on any atom is 0.0598 e. The number of anilines is 2. The molecule has 2 unspecified atom stereocenters. The van der Waals surface area contributed by atoms with Gasteiger partial charge in [-0.05, 0) is 84.8 Å². The summed E-state index contributed by atoms with van der Waals surface area (Å²) in [5.74, 6) is 0.543. The SMILES string of the molecule is C1=CC(C2=CCC(N(c3ccc(-c4ccccc4)cc3)c3cccc4c3sc3c4ccc4c3c3ccccc3n4-c3ccccc3)C=C2)CCC1. The first-order valence-electron chi connectivity index (χ1n) is 18.2. The topological polar surface area (TPSA) is 8.17 Å². The molecule has 0 aliphatic heterocycles. The smallest absolute Gasteiger partial charge is 0.0598 e. The summed E-state index contributed by atoms with van der Waals surface area (Å²) in [6, 6.07) is 51.4. The minimum atomic E-state index is 0.208. The Morgan fingerprint density at radius 2 is 1.35 bits per heavy atom. The van der Waals surface area contributed by atoms with E-state index in [1.165, 1.54) is 95.0 Å². The lowest BCUT2D eigenvalue weighted by Gasteiger charge is -2.34. The van der Waals surface area contributed by atoms with E-state index in [9.17, 15) is 0 Å². The molecule has 2 atom stereocenters. The van der Waals surface area contributed by atoms with E-state index in [0.717, 1.165) is 6.42 Å². The molecule has 8 aromatic rings. The Hall–Kier alpha value is -5.64. The van der Waals surface area contributed by atoms with Gasteiger partial charge in [-0.15, -0.1) is 11.3 Å². The van der Waals surface area contributed by atoms with Gasteiger partial charge in [-0.25, -0.2) is 0 Å². The van der Waals surface area contributed by atoms with Crippen molar-refractivity contribution in [3.8, 4) is 16.8 Å². The van der Waals surface area contributed by atoms with Gasteiger partial charge in [0.25, 0.3) is 0 Å². The highest BCUT2D eigenvalue weighted by Crippen LogP contribution is 2.48. The molecule has 2 aromatic heterocycles. The Morgan fingerprint density at radius 1 is 0.608 bits per heavy atom. The Kier molecular flexibility index (Phi) is 7.46. The molecule has 2 heterocycles. The van der Waals surface area contributed by atoms with Gasteiger partial charge >= 0.3 is 0 Å². The third-order valence-electron chi connectivity index (χ3n) is 10.9. The lowest BCUT2D eigenvalue weighted by molar-refractivity contribution is 0.606.